The molecule has 1 aliphatic rings. The van der Waals surface area contributed by atoms with E-state index in [1.54, 1.807) is 18.2 Å². The Morgan fingerprint density at radius 1 is 1.03 bits per heavy atom. The summed E-state index contributed by atoms with van der Waals surface area (Å²) in [5.41, 5.74) is 3.32. The van der Waals surface area contributed by atoms with Gasteiger partial charge in [-0.05, 0) is 61.2 Å². The third kappa shape index (κ3) is 4.26. The van der Waals surface area contributed by atoms with Crippen LogP contribution in [0.1, 0.15) is 24.8 Å². The molecule has 148 valence electrons. The Morgan fingerprint density at radius 2 is 1.83 bits per heavy atom. The molecule has 0 N–H and O–H groups in total. The number of halogens is 1. The lowest BCUT2D eigenvalue weighted by molar-refractivity contribution is -0.118. The van der Waals surface area contributed by atoms with Gasteiger partial charge in [0.1, 0.15) is 5.82 Å². The molecule has 29 heavy (non-hydrogen) atoms. The zero-order chi connectivity index (χ0) is 20.2. The molecule has 0 bridgehead atoms. The summed E-state index contributed by atoms with van der Waals surface area (Å²) in [4.78, 5) is 26.7. The van der Waals surface area contributed by atoms with Crippen molar-refractivity contribution in [2.45, 2.75) is 32.2 Å². The molecule has 0 radical (unpaired) electrons. The summed E-state index contributed by atoms with van der Waals surface area (Å²) < 4.78 is 14.5. The Bertz CT molecular complexity index is 1080. The second-order valence-electron chi connectivity index (χ2n) is 7.17. The van der Waals surface area contributed by atoms with Crippen LogP contribution in [0.25, 0.3) is 11.3 Å². The van der Waals surface area contributed by atoms with Crippen LogP contribution in [0.2, 0.25) is 0 Å². The van der Waals surface area contributed by atoms with Crippen molar-refractivity contribution in [2.24, 2.45) is 0 Å². The lowest BCUT2D eigenvalue weighted by Crippen LogP contribution is -2.35. The number of para-hydroxylation sites is 1. The summed E-state index contributed by atoms with van der Waals surface area (Å²) in [6.45, 7) is 1.09. The van der Waals surface area contributed by atoms with Crippen LogP contribution in [-0.4, -0.2) is 22.2 Å². The highest BCUT2D eigenvalue weighted by Gasteiger charge is 2.21. The summed E-state index contributed by atoms with van der Waals surface area (Å²) >= 11 is 0. The average Bonchev–Trinajstić information content (AvgIpc) is 2.75. The molecule has 4 rings (SSSR count). The number of amides is 1. The number of benzene rings is 2. The first-order chi connectivity index (χ1) is 14.1. The van der Waals surface area contributed by atoms with E-state index in [2.05, 4.69) is 11.2 Å². The number of aryl methyl sites for hydroxylation is 2. The van der Waals surface area contributed by atoms with Crippen molar-refractivity contribution in [1.29, 1.82) is 0 Å². The van der Waals surface area contributed by atoms with Crippen LogP contribution in [0, 0.1) is 5.82 Å². The second kappa shape index (κ2) is 8.39. The maximum absolute atomic E-state index is 13.1. The number of nitrogens with zero attached hydrogens (tertiary/aromatic N) is 3. The number of hydrogen-bond acceptors (Lipinski definition) is 3. The van der Waals surface area contributed by atoms with E-state index < -0.39 is 0 Å². The molecular weight excluding hydrogens is 369 g/mol. The van der Waals surface area contributed by atoms with Crippen molar-refractivity contribution < 1.29 is 9.18 Å². The molecule has 0 unspecified atom stereocenters. The quantitative estimate of drug-likeness (QED) is 0.665. The molecule has 1 aliphatic heterocycles. The average molecular weight is 391 g/mol. The summed E-state index contributed by atoms with van der Waals surface area (Å²) in [5.74, 6) is -0.250. The van der Waals surface area contributed by atoms with Gasteiger partial charge in [-0.25, -0.2) is 9.07 Å². The number of anilines is 1. The van der Waals surface area contributed by atoms with Gasteiger partial charge in [0.15, 0.2) is 0 Å². The zero-order valence-electron chi connectivity index (χ0n) is 16.1. The summed E-state index contributed by atoms with van der Waals surface area (Å²) in [5, 5.41) is 4.37. The predicted octanol–water partition coefficient (Wildman–Crippen LogP) is 3.81. The third-order valence-corrected chi connectivity index (χ3v) is 5.18. The van der Waals surface area contributed by atoms with Gasteiger partial charge in [-0.2, -0.15) is 5.10 Å². The molecule has 6 heteroatoms. The molecule has 0 saturated heterocycles. The van der Waals surface area contributed by atoms with Crippen LogP contribution in [0.4, 0.5) is 10.1 Å². The number of carbonyl (C=O) groups excluding carboxylic acids is 1. The highest BCUT2D eigenvalue weighted by Crippen LogP contribution is 2.27. The van der Waals surface area contributed by atoms with Gasteiger partial charge in [0.25, 0.3) is 5.56 Å². The van der Waals surface area contributed by atoms with Gasteiger partial charge in [0.2, 0.25) is 5.91 Å². The van der Waals surface area contributed by atoms with Gasteiger partial charge in [-0.3, -0.25) is 9.59 Å². The summed E-state index contributed by atoms with van der Waals surface area (Å²) in [7, 11) is 0. The van der Waals surface area contributed by atoms with Gasteiger partial charge in [-0.1, -0.05) is 18.2 Å². The van der Waals surface area contributed by atoms with Crippen molar-refractivity contribution in [2.75, 3.05) is 11.4 Å². The van der Waals surface area contributed by atoms with Crippen LogP contribution in [0.15, 0.2) is 65.5 Å². The maximum atomic E-state index is 13.1. The van der Waals surface area contributed by atoms with Gasteiger partial charge in [0.05, 0.1) is 5.69 Å². The first-order valence-corrected chi connectivity index (χ1v) is 9.84. The standard InChI is InChI=1S/C23H22FN3O2/c24-19-11-9-17(10-12-19)20-13-14-23(29)27(25-20)16-4-8-22(28)26-15-3-6-18-5-1-2-7-21(18)26/h1-2,5,7,9-14H,3-4,6,8,15-16H2. The molecule has 0 atom stereocenters. The van der Waals surface area contributed by atoms with Crippen molar-refractivity contribution in [1.82, 2.24) is 9.78 Å². The minimum absolute atomic E-state index is 0.0693. The van der Waals surface area contributed by atoms with Crippen LogP contribution < -0.4 is 10.5 Å². The number of hydrogen-bond donors (Lipinski definition) is 0. The normalized spacial score (nSPS) is 13.2. The van der Waals surface area contributed by atoms with Crippen molar-refractivity contribution in [3.05, 3.63) is 82.4 Å². The lowest BCUT2D eigenvalue weighted by atomic mass is 10.0. The molecule has 1 aromatic heterocycles. The van der Waals surface area contributed by atoms with Crippen LogP contribution in [-0.2, 0) is 17.8 Å². The fraction of sp³-hybridized carbons (Fsp3) is 0.261. The minimum Gasteiger partial charge on any atom is -0.312 e. The largest absolute Gasteiger partial charge is 0.312 e. The van der Waals surface area contributed by atoms with E-state index in [0.29, 0.717) is 25.1 Å². The van der Waals surface area contributed by atoms with Crippen molar-refractivity contribution in [3.8, 4) is 11.3 Å². The number of carbonyl (C=O) groups is 1. The van der Waals surface area contributed by atoms with Crippen molar-refractivity contribution >= 4 is 11.6 Å². The molecule has 5 nitrogen and oxygen atoms in total. The number of aromatic nitrogens is 2. The Kier molecular flexibility index (Phi) is 5.51. The molecule has 0 fully saturated rings. The van der Waals surface area contributed by atoms with Crippen LogP contribution in [0.5, 0.6) is 0 Å². The minimum atomic E-state index is -0.320. The molecule has 1 amide bonds. The van der Waals surface area contributed by atoms with Gasteiger partial charge < -0.3 is 4.90 Å². The number of rotatable bonds is 5. The predicted molar refractivity (Wildman–Crippen MR) is 110 cm³/mol. The van der Waals surface area contributed by atoms with Gasteiger partial charge >= 0.3 is 0 Å². The van der Waals surface area contributed by atoms with Gasteiger partial charge in [0, 0.05) is 36.8 Å². The summed E-state index contributed by atoms with van der Waals surface area (Å²) in [6, 6.07) is 17.1. The second-order valence-corrected chi connectivity index (χ2v) is 7.17. The van der Waals surface area contributed by atoms with Crippen molar-refractivity contribution in [3.63, 3.8) is 0 Å². The van der Waals surface area contributed by atoms with E-state index in [9.17, 15) is 14.0 Å². The molecule has 3 aromatic rings. The first kappa shape index (κ1) is 19.1. The Hall–Kier alpha value is -3.28. The Balaban J connectivity index is 1.42. The molecule has 0 aliphatic carbocycles. The van der Waals surface area contributed by atoms with Crippen LogP contribution >= 0.6 is 0 Å². The SMILES string of the molecule is O=C(CCCn1nc(-c2ccc(F)cc2)ccc1=O)N1CCCc2ccccc21. The van der Waals surface area contributed by atoms with E-state index in [1.165, 1.54) is 28.4 Å². The molecule has 2 aromatic carbocycles. The Labute approximate surface area is 168 Å². The fourth-order valence-electron chi connectivity index (χ4n) is 3.69. The number of fused-ring (bicyclic) bond motifs is 1. The molecular formula is C23H22FN3O2. The third-order valence-electron chi connectivity index (χ3n) is 5.18. The van der Waals surface area contributed by atoms with Gasteiger partial charge in [-0.15, -0.1) is 0 Å². The topological polar surface area (TPSA) is 55.2 Å². The smallest absolute Gasteiger partial charge is 0.266 e. The van der Waals surface area contributed by atoms with E-state index in [0.717, 1.165) is 30.6 Å². The van der Waals surface area contributed by atoms with E-state index in [-0.39, 0.29) is 17.3 Å². The Morgan fingerprint density at radius 3 is 2.66 bits per heavy atom. The molecule has 2 heterocycles. The summed E-state index contributed by atoms with van der Waals surface area (Å²) in [6.07, 6.45) is 2.83. The maximum Gasteiger partial charge on any atom is 0.266 e. The monoisotopic (exact) mass is 391 g/mol. The highest BCUT2D eigenvalue weighted by molar-refractivity contribution is 5.94. The highest BCUT2D eigenvalue weighted by atomic mass is 19.1. The molecule has 0 spiro atoms. The lowest BCUT2D eigenvalue weighted by Gasteiger charge is -2.29. The molecule has 0 saturated carbocycles. The zero-order valence-corrected chi connectivity index (χ0v) is 16.1. The van der Waals surface area contributed by atoms with Crippen LogP contribution in [0.3, 0.4) is 0 Å². The van der Waals surface area contributed by atoms with E-state index in [1.807, 2.05) is 23.1 Å². The van der Waals surface area contributed by atoms with E-state index >= 15 is 0 Å². The van der Waals surface area contributed by atoms with E-state index in [4.69, 9.17) is 0 Å². The fourth-order valence-corrected chi connectivity index (χ4v) is 3.69. The first-order valence-electron chi connectivity index (χ1n) is 9.84.